The molecule has 0 aliphatic carbocycles. The first-order chi connectivity index (χ1) is 13.2. The van der Waals surface area contributed by atoms with Gasteiger partial charge in [-0.1, -0.05) is 17.3 Å². The van der Waals surface area contributed by atoms with Gasteiger partial charge in [-0.15, -0.1) is 5.10 Å². The molecule has 0 atom stereocenters. The van der Waals surface area contributed by atoms with Gasteiger partial charge in [0.25, 0.3) is 5.91 Å². The fourth-order valence-electron chi connectivity index (χ4n) is 2.57. The first kappa shape index (κ1) is 16.4. The van der Waals surface area contributed by atoms with Crippen molar-refractivity contribution in [3.63, 3.8) is 0 Å². The van der Waals surface area contributed by atoms with Crippen molar-refractivity contribution >= 4 is 11.7 Å². The van der Waals surface area contributed by atoms with E-state index in [0.29, 0.717) is 29.3 Å². The maximum Gasteiger partial charge on any atom is 0.271 e. The number of fused-ring (bicyclic) bond motifs is 1. The highest BCUT2D eigenvalue weighted by atomic mass is 16.1. The van der Waals surface area contributed by atoms with Gasteiger partial charge in [0.15, 0.2) is 0 Å². The average molecular weight is 358 g/mol. The van der Waals surface area contributed by atoms with Crippen LogP contribution in [0.2, 0.25) is 0 Å². The number of aromatic nitrogens is 6. The summed E-state index contributed by atoms with van der Waals surface area (Å²) in [6.45, 7) is 0.776. The van der Waals surface area contributed by atoms with Crippen molar-refractivity contribution in [2.24, 2.45) is 0 Å². The van der Waals surface area contributed by atoms with E-state index in [2.05, 4.69) is 31.7 Å². The number of imidazole rings is 1. The van der Waals surface area contributed by atoms with E-state index in [-0.39, 0.29) is 12.5 Å². The minimum atomic E-state index is -0.304. The minimum Gasteiger partial charge on any atom is -0.345 e. The molecule has 0 aliphatic heterocycles. The fourth-order valence-corrected chi connectivity index (χ4v) is 2.57. The normalized spacial score (nSPS) is 10.6. The van der Waals surface area contributed by atoms with Gasteiger partial charge in [-0.25, -0.2) is 14.6 Å². The van der Waals surface area contributed by atoms with Gasteiger partial charge in [0.05, 0.1) is 30.9 Å². The average Bonchev–Trinajstić information content (AvgIpc) is 3.33. The lowest BCUT2D eigenvalue weighted by Crippen LogP contribution is -2.23. The molecule has 3 heterocycles. The van der Waals surface area contributed by atoms with Crippen molar-refractivity contribution in [2.45, 2.75) is 13.1 Å². The lowest BCUT2D eigenvalue weighted by atomic mass is 10.1. The number of nitriles is 1. The Morgan fingerprint density at radius 2 is 2.07 bits per heavy atom. The molecule has 132 valence electrons. The second-order valence-corrected chi connectivity index (χ2v) is 5.85. The van der Waals surface area contributed by atoms with Crippen molar-refractivity contribution < 1.29 is 4.79 Å². The summed E-state index contributed by atoms with van der Waals surface area (Å²) >= 11 is 0. The molecular formula is C18H14N8O. The van der Waals surface area contributed by atoms with E-state index in [4.69, 9.17) is 5.26 Å². The number of carbonyl (C=O) groups excluding carboxylic acids is 1. The maximum atomic E-state index is 12.2. The molecule has 0 unspecified atom stereocenters. The van der Waals surface area contributed by atoms with Crippen LogP contribution in [0.3, 0.4) is 0 Å². The van der Waals surface area contributed by atoms with Gasteiger partial charge < -0.3 is 5.32 Å². The number of rotatable bonds is 5. The monoisotopic (exact) mass is 358 g/mol. The van der Waals surface area contributed by atoms with Crippen LogP contribution in [-0.4, -0.2) is 35.3 Å². The van der Waals surface area contributed by atoms with Crippen LogP contribution in [0.25, 0.3) is 5.78 Å². The van der Waals surface area contributed by atoms with E-state index < -0.39 is 0 Å². The van der Waals surface area contributed by atoms with Gasteiger partial charge in [-0.2, -0.15) is 5.26 Å². The zero-order chi connectivity index (χ0) is 18.6. The van der Waals surface area contributed by atoms with E-state index in [9.17, 15) is 4.79 Å². The predicted octanol–water partition coefficient (Wildman–Crippen LogP) is 1.17. The van der Waals surface area contributed by atoms with Crippen LogP contribution in [0.15, 0.2) is 55.1 Å². The molecule has 1 amide bonds. The Balaban J connectivity index is 1.37. The zero-order valence-corrected chi connectivity index (χ0v) is 14.1. The Morgan fingerprint density at radius 3 is 2.85 bits per heavy atom. The summed E-state index contributed by atoms with van der Waals surface area (Å²) in [4.78, 5) is 20.5. The summed E-state index contributed by atoms with van der Waals surface area (Å²) in [6.07, 6.45) is 6.79. The summed E-state index contributed by atoms with van der Waals surface area (Å²) in [6, 6.07) is 11.1. The van der Waals surface area contributed by atoms with Gasteiger partial charge >= 0.3 is 0 Å². The first-order valence-corrected chi connectivity index (χ1v) is 8.17. The molecule has 0 spiro atoms. The number of amides is 1. The van der Waals surface area contributed by atoms with Gasteiger partial charge in [0, 0.05) is 18.6 Å². The Labute approximate surface area is 153 Å². The zero-order valence-electron chi connectivity index (χ0n) is 14.1. The van der Waals surface area contributed by atoms with Crippen molar-refractivity contribution in [3.05, 3.63) is 77.6 Å². The Hall–Kier alpha value is -4.06. The Morgan fingerprint density at radius 1 is 1.22 bits per heavy atom. The highest BCUT2D eigenvalue weighted by molar-refractivity contribution is 5.92. The number of benzene rings is 1. The fraction of sp³-hybridized carbons (Fsp3) is 0.111. The summed E-state index contributed by atoms with van der Waals surface area (Å²) < 4.78 is 3.36. The minimum absolute atomic E-state index is 0.244. The lowest BCUT2D eigenvalue weighted by Gasteiger charge is -2.01. The van der Waals surface area contributed by atoms with E-state index in [0.717, 1.165) is 5.56 Å². The molecule has 1 N–H and O–H groups in total. The highest BCUT2D eigenvalue weighted by Gasteiger charge is 2.12. The molecule has 1 aromatic carbocycles. The van der Waals surface area contributed by atoms with Crippen molar-refractivity contribution in [3.8, 4) is 6.07 Å². The third-order valence-corrected chi connectivity index (χ3v) is 3.91. The molecule has 27 heavy (non-hydrogen) atoms. The topological polar surface area (TPSA) is 114 Å². The molecule has 0 saturated carbocycles. The molecule has 9 heteroatoms. The third kappa shape index (κ3) is 3.64. The molecule has 0 bridgehead atoms. The maximum absolute atomic E-state index is 12.2. The molecule has 0 fully saturated rings. The highest BCUT2D eigenvalue weighted by Crippen LogP contribution is 2.06. The van der Waals surface area contributed by atoms with Crippen LogP contribution in [0, 0.1) is 11.3 Å². The molecule has 4 rings (SSSR count). The van der Waals surface area contributed by atoms with Crippen LogP contribution in [0.5, 0.6) is 0 Å². The summed E-state index contributed by atoms with van der Waals surface area (Å²) in [5, 5.41) is 19.7. The second kappa shape index (κ2) is 7.05. The van der Waals surface area contributed by atoms with Gasteiger partial charge in [0.1, 0.15) is 11.4 Å². The largest absolute Gasteiger partial charge is 0.345 e. The van der Waals surface area contributed by atoms with Gasteiger partial charge in [-0.05, 0) is 23.8 Å². The van der Waals surface area contributed by atoms with Crippen LogP contribution >= 0.6 is 0 Å². The summed E-state index contributed by atoms with van der Waals surface area (Å²) in [5.74, 6) is 0.165. The van der Waals surface area contributed by atoms with E-state index in [1.54, 1.807) is 52.1 Å². The van der Waals surface area contributed by atoms with Crippen molar-refractivity contribution in [1.29, 1.82) is 5.26 Å². The molecule has 0 saturated heterocycles. The number of carbonyl (C=O) groups is 1. The first-order valence-electron chi connectivity index (χ1n) is 8.17. The van der Waals surface area contributed by atoms with E-state index >= 15 is 0 Å². The van der Waals surface area contributed by atoms with Crippen molar-refractivity contribution in [2.75, 3.05) is 0 Å². The lowest BCUT2D eigenvalue weighted by molar-refractivity contribution is 0.0946. The Kier molecular flexibility index (Phi) is 4.29. The van der Waals surface area contributed by atoms with Crippen LogP contribution < -0.4 is 5.32 Å². The summed E-state index contributed by atoms with van der Waals surface area (Å²) in [5.41, 5.74) is 2.55. The number of hydrogen-bond donors (Lipinski definition) is 1. The quantitative estimate of drug-likeness (QED) is 0.573. The third-order valence-electron chi connectivity index (χ3n) is 3.91. The number of nitrogens with one attached hydrogen (secondary N) is 1. The molecule has 3 aromatic heterocycles. The SMILES string of the molecule is N#Cc1ccc(Cn2cc(CNC(=O)c3cn4cccnc4n3)nn2)cc1. The van der Waals surface area contributed by atoms with Gasteiger partial charge in [0.2, 0.25) is 5.78 Å². The molecule has 0 aliphatic rings. The molecule has 9 nitrogen and oxygen atoms in total. The standard InChI is InChI=1S/C18H14N8O/c19-8-13-2-4-14(5-3-13)10-26-11-15(23-24-26)9-21-17(27)16-12-25-7-1-6-20-18(25)22-16/h1-7,11-12H,9-10H2,(H,21,27). The van der Waals surface area contributed by atoms with Crippen LogP contribution in [-0.2, 0) is 13.1 Å². The molecular weight excluding hydrogens is 344 g/mol. The number of nitrogens with zero attached hydrogens (tertiary/aromatic N) is 7. The molecule has 0 radical (unpaired) electrons. The Bertz CT molecular complexity index is 1100. The van der Waals surface area contributed by atoms with E-state index in [1.165, 1.54) is 0 Å². The summed E-state index contributed by atoms with van der Waals surface area (Å²) in [7, 11) is 0. The predicted molar refractivity (Wildman–Crippen MR) is 94.4 cm³/mol. The smallest absolute Gasteiger partial charge is 0.271 e. The van der Waals surface area contributed by atoms with Crippen LogP contribution in [0.4, 0.5) is 0 Å². The van der Waals surface area contributed by atoms with Gasteiger partial charge in [-0.3, -0.25) is 9.20 Å². The van der Waals surface area contributed by atoms with Crippen LogP contribution in [0.1, 0.15) is 27.3 Å². The molecule has 4 aromatic rings. The number of hydrogen-bond acceptors (Lipinski definition) is 6. The van der Waals surface area contributed by atoms with E-state index in [1.807, 2.05) is 12.1 Å². The second-order valence-electron chi connectivity index (χ2n) is 5.85. The van der Waals surface area contributed by atoms with Crippen molar-refractivity contribution in [1.82, 2.24) is 34.7 Å².